The molecule has 7 heteroatoms. The first kappa shape index (κ1) is 22.6. The average molecular weight is 432 g/mol. The van der Waals surface area contributed by atoms with E-state index in [-0.39, 0.29) is 18.2 Å². The van der Waals surface area contributed by atoms with Gasteiger partial charge in [0.15, 0.2) is 0 Å². The smallest absolute Gasteiger partial charge is 0.308 e. The number of methoxy groups -OCH3 is 1. The molecule has 0 radical (unpaired) electrons. The molecule has 0 saturated heterocycles. The summed E-state index contributed by atoms with van der Waals surface area (Å²) in [5, 5.41) is 5.70. The molecule has 0 bridgehead atoms. The third-order valence-corrected chi connectivity index (χ3v) is 4.53. The second kappa shape index (κ2) is 10.8. The summed E-state index contributed by atoms with van der Waals surface area (Å²) in [6, 6.07) is 21.0. The summed E-state index contributed by atoms with van der Waals surface area (Å²) in [5.41, 5.74) is 2.66. The summed E-state index contributed by atoms with van der Waals surface area (Å²) in [6.07, 6.45) is 0.242. The summed E-state index contributed by atoms with van der Waals surface area (Å²) in [5.74, 6) is 0.103. The van der Waals surface area contributed by atoms with Crippen molar-refractivity contribution >= 4 is 23.5 Å². The van der Waals surface area contributed by atoms with E-state index in [0.29, 0.717) is 29.3 Å². The lowest BCUT2D eigenvalue weighted by atomic mass is 10.1. The van der Waals surface area contributed by atoms with E-state index < -0.39 is 5.97 Å². The van der Waals surface area contributed by atoms with Gasteiger partial charge in [-0.2, -0.15) is 0 Å². The Kier molecular flexibility index (Phi) is 7.59. The Bertz CT molecular complexity index is 1130. The largest absolute Gasteiger partial charge is 0.497 e. The van der Waals surface area contributed by atoms with Crippen LogP contribution in [0.15, 0.2) is 72.8 Å². The number of anilines is 1. The lowest BCUT2D eigenvalue weighted by Crippen LogP contribution is -2.24. The normalized spacial score (nSPS) is 10.2. The monoisotopic (exact) mass is 432 g/mol. The van der Waals surface area contributed by atoms with E-state index in [9.17, 15) is 14.4 Å². The van der Waals surface area contributed by atoms with Crippen molar-refractivity contribution in [3.63, 3.8) is 0 Å². The predicted molar refractivity (Wildman–Crippen MR) is 121 cm³/mol. The van der Waals surface area contributed by atoms with Gasteiger partial charge in [-0.15, -0.1) is 0 Å². The maximum absolute atomic E-state index is 12.6. The molecule has 2 amide bonds. The summed E-state index contributed by atoms with van der Waals surface area (Å²) in [6.45, 7) is 1.63. The van der Waals surface area contributed by atoms with E-state index in [1.807, 2.05) is 30.3 Å². The number of rotatable bonds is 8. The van der Waals surface area contributed by atoms with Crippen LogP contribution in [-0.2, 0) is 22.6 Å². The van der Waals surface area contributed by atoms with Crippen LogP contribution >= 0.6 is 0 Å². The number of nitrogens with one attached hydrogen (secondary N) is 2. The highest BCUT2D eigenvalue weighted by molar-refractivity contribution is 6.04. The summed E-state index contributed by atoms with van der Waals surface area (Å²) < 4.78 is 10.2. The molecular formula is C25H24N2O5. The zero-order valence-corrected chi connectivity index (χ0v) is 17.9. The van der Waals surface area contributed by atoms with Gasteiger partial charge in [-0.25, -0.2) is 0 Å². The first-order chi connectivity index (χ1) is 15.4. The number of carbonyl (C=O) groups excluding carboxylic acids is 3. The number of hydrogen-bond donors (Lipinski definition) is 2. The Morgan fingerprint density at radius 2 is 1.56 bits per heavy atom. The molecule has 0 aliphatic carbocycles. The van der Waals surface area contributed by atoms with Crippen molar-refractivity contribution in [1.29, 1.82) is 0 Å². The van der Waals surface area contributed by atoms with Crippen LogP contribution in [0.3, 0.4) is 0 Å². The molecule has 3 rings (SSSR count). The van der Waals surface area contributed by atoms with E-state index in [1.54, 1.807) is 43.5 Å². The molecule has 3 aromatic carbocycles. The molecule has 0 unspecified atom stereocenters. The zero-order valence-electron chi connectivity index (χ0n) is 17.9. The molecule has 7 nitrogen and oxygen atoms in total. The van der Waals surface area contributed by atoms with Crippen LogP contribution < -0.4 is 20.1 Å². The average Bonchev–Trinajstić information content (AvgIpc) is 2.78. The van der Waals surface area contributed by atoms with Gasteiger partial charge in [0.2, 0.25) is 5.91 Å². The van der Waals surface area contributed by atoms with Crippen molar-refractivity contribution in [3.05, 3.63) is 89.5 Å². The molecule has 0 aliphatic heterocycles. The molecule has 0 aromatic heterocycles. The maximum Gasteiger partial charge on any atom is 0.308 e. The maximum atomic E-state index is 12.6. The van der Waals surface area contributed by atoms with Gasteiger partial charge >= 0.3 is 5.97 Å². The molecule has 3 aromatic rings. The van der Waals surface area contributed by atoms with Crippen molar-refractivity contribution in [2.45, 2.75) is 19.9 Å². The molecule has 0 aliphatic rings. The van der Waals surface area contributed by atoms with Crippen molar-refractivity contribution < 1.29 is 23.9 Å². The van der Waals surface area contributed by atoms with Crippen LogP contribution in [0.2, 0.25) is 0 Å². The number of hydrogen-bond acceptors (Lipinski definition) is 5. The number of ether oxygens (including phenoxy) is 2. The topological polar surface area (TPSA) is 93.7 Å². The van der Waals surface area contributed by atoms with Crippen molar-refractivity contribution in [2.24, 2.45) is 0 Å². The summed E-state index contributed by atoms with van der Waals surface area (Å²) >= 11 is 0. The van der Waals surface area contributed by atoms with Gasteiger partial charge in [-0.3, -0.25) is 14.4 Å². The van der Waals surface area contributed by atoms with Gasteiger partial charge in [-0.05, 0) is 53.6 Å². The molecule has 32 heavy (non-hydrogen) atoms. The SMILES string of the molecule is COc1cccc(CC(=O)NCc2cccc(NC(=O)c3cccc(OC(C)=O)c3)c2)c1. The van der Waals surface area contributed by atoms with Gasteiger partial charge < -0.3 is 20.1 Å². The lowest BCUT2D eigenvalue weighted by molar-refractivity contribution is -0.131. The van der Waals surface area contributed by atoms with E-state index in [0.717, 1.165) is 11.1 Å². The van der Waals surface area contributed by atoms with E-state index >= 15 is 0 Å². The highest BCUT2D eigenvalue weighted by Crippen LogP contribution is 2.17. The first-order valence-corrected chi connectivity index (χ1v) is 10.0. The Morgan fingerprint density at radius 3 is 2.34 bits per heavy atom. The minimum atomic E-state index is -0.455. The number of amides is 2. The summed E-state index contributed by atoms with van der Waals surface area (Å²) in [4.78, 5) is 35.9. The first-order valence-electron chi connectivity index (χ1n) is 10.0. The Labute approximate surface area is 186 Å². The van der Waals surface area contributed by atoms with Crippen LogP contribution in [0, 0.1) is 0 Å². The van der Waals surface area contributed by atoms with Crippen molar-refractivity contribution in [2.75, 3.05) is 12.4 Å². The quantitative estimate of drug-likeness (QED) is 0.418. The standard InChI is InChI=1S/C25H24N2O5/c1-17(28)32-23-11-5-8-20(15-23)25(30)27-21-9-3-7-19(12-21)16-26-24(29)14-18-6-4-10-22(13-18)31-2/h3-13,15H,14,16H2,1-2H3,(H,26,29)(H,27,30). The second-order valence-electron chi connectivity index (χ2n) is 7.08. The molecule has 0 saturated carbocycles. The fourth-order valence-corrected chi connectivity index (χ4v) is 3.06. The van der Waals surface area contributed by atoms with Crippen molar-refractivity contribution in [1.82, 2.24) is 5.32 Å². The minimum Gasteiger partial charge on any atom is -0.497 e. The van der Waals surface area contributed by atoms with Crippen LogP contribution in [0.1, 0.15) is 28.4 Å². The Morgan fingerprint density at radius 1 is 0.844 bits per heavy atom. The molecule has 0 fully saturated rings. The lowest BCUT2D eigenvalue weighted by Gasteiger charge is -2.10. The Balaban J connectivity index is 1.57. The van der Waals surface area contributed by atoms with E-state index in [4.69, 9.17) is 9.47 Å². The number of esters is 1. The van der Waals surface area contributed by atoms with Crippen LogP contribution in [0.5, 0.6) is 11.5 Å². The molecular weight excluding hydrogens is 408 g/mol. The third kappa shape index (κ3) is 6.70. The van der Waals surface area contributed by atoms with Gasteiger partial charge in [0, 0.05) is 24.7 Å². The summed E-state index contributed by atoms with van der Waals surface area (Å²) in [7, 11) is 1.58. The zero-order chi connectivity index (χ0) is 22.9. The van der Waals surface area contributed by atoms with Gasteiger partial charge in [0.1, 0.15) is 11.5 Å². The highest BCUT2D eigenvalue weighted by atomic mass is 16.5. The van der Waals surface area contributed by atoms with Crippen LogP contribution in [0.4, 0.5) is 5.69 Å². The van der Waals surface area contributed by atoms with Crippen molar-refractivity contribution in [3.8, 4) is 11.5 Å². The van der Waals surface area contributed by atoms with Crippen LogP contribution in [0.25, 0.3) is 0 Å². The second-order valence-corrected chi connectivity index (χ2v) is 7.08. The Hall–Kier alpha value is -4.13. The highest BCUT2D eigenvalue weighted by Gasteiger charge is 2.09. The van der Waals surface area contributed by atoms with Gasteiger partial charge in [0.05, 0.1) is 13.5 Å². The van der Waals surface area contributed by atoms with Gasteiger partial charge in [0.25, 0.3) is 5.91 Å². The predicted octanol–water partition coefficient (Wildman–Crippen LogP) is 3.73. The van der Waals surface area contributed by atoms with Crippen LogP contribution in [-0.4, -0.2) is 24.9 Å². The molecule has 0 heterocycles. The molecule has 0 spiro atoms. The fourth-order valence-electron chi connectivity index (χ4n) is 3.06. The molecule has 164 valence electrons. The third-order valence-electron chi connectivity index (χ3n) is 4.53. The number of carbonyl (C=O) groups is 3. The number of benzene rings is 3. The minimum absolute atomic E-state index is 0.116. The van der Waals surface area contributed by atoms with Gasteiger partial charge in [-0.1, -0.05) is 30.3 Å². The fraction of sp³-hybridized carbons (Fsp3) is 0.160. The molecule has 2 N–H and O–H groups in total. The van der Waals surface area contributed by atoms with E-state index in [1.165, 1.54) is 13.0 Å². The van der Waals surface area contributed by atoms with E-state index in [2.05, 4.69) is 10.6 Å². The molecule has 0 atom stereocenters.